The Balaban J connectivity index is 1.61. The molecule has 1 aromatic rings. The first-order valence-electron chi connectivity index (χ1n) is 9.03. The van der Waals surface area contributed by atoms with Gasteiger partial charge < -0.3 is 20.3 Å². The molecular formula is C19H25N3O4. The third-order valence-corrected chi connectivity index (χ3v) is 5.23. The number of amides is 3. The van der Waals surface area contributed by atoms with E-state index in [2.05, 4.69) is 10.6 Å². The van der Waals surface area contributed by atoms with E-state index in [9.17, 15) is 14.4 Å². The van der Waals surface area contributed by atoms with Crippen LogP contribution in [0.1, 0.15) is 44.2 Å². The summed E-state index contributed by atoms with van der Waals surface area (Å²) in [7, 11) is 1.33. The van der Waals surface area contributed by atoms with Crippen molar-refractivity contribution in [3.8, 4) is 0 Å². The summed E-state index contributed by atoms with van der Waals surface area (Å²) in [5.74, 6) is -0.585. The van der Waals surface area contributed by atoms with Gasteiger partial charge >= 0.3 is 12.0 Å². The van der Waals surface area contributed by atoms with Gasteiger partial charge in [0.15, 0.2) is 0 Å². The highest BCUT2D eigenvalue weighted by Gasteiger charge is 2.47. The maximum Gasteiger partial charge on any atom is 0.328 e. The number of benzene rings is 1. The Labute approximate surface area is 153 Å². The van der Waals surface area contributed by atoms with Gasteiger partial charge in [-0.2, -0.15) is 0 Å². The molecule has 2 heterocycles. The van der Waals surface area contributed by atoms with Crippen LogP contribution in [0.3, 0.4) is 0 Å². The largest absolute Gasteiger partial charge is 0.467 e. The fourth-order valence-electron chi connectivity index (χ4n) is 3.91. The van der Waals surface area contributed by atoms with Crippen molar-refractivity contribution in [1.29, 1.82) is 0 Å². The minimum atomic E-state index is -0.603. The van der Waals surface area contributed by atoms with Crippen molar-refractivity contribution < 1.29 is 19.1 Å². The van der Waals surface area contributed by atoms with Crippen LogP contribution in [-0.2, 0) is 14.3 Å². The molecule has 2 saturated heterocycles. The van der Waals surface area contributed by atoms with Crippen LogP contribution in [0.4, 0.5) is 4.79 Å². The van der Waals surface area contributed by atoms with Gasteiger partial charge in [-0.3, -0.25) is 4.79 Å². The minimum absolute atomic E-state index is 0.0165. The molecule has 2 aliphatic rings. The smallest absolute Gasteiger partial charge is 0.328 e. The van der Waals surface area contributed by atoms with Crippen molar-refractivity contribution in [3.63, 3.8) is 0 Å². The normalized spacial score (nSPS) is 26.0. The Morgan fingerprint density at radius 2 is 1.96 bits per heavy atom. The van der Waals surface area contributed by atoms with Gasteiger partial charge in [0.1, 0.15) is 12.1 Å². The Morgan fingerprint density at radius 1 is 1.23 bits per heavy atom. The maximum atomic E-state index is 12.7. The predicted octanol–water partition coefficient (Wildman–Crippen LogP) is 1.74. The number of nitrogens with one attached hydrogen (secondary N) is 2. The standard InChI is InChI=1S/C19H25N3O4/c1-12(13-7-4-3-5-8-13)20-19(25)21-15-11-14-9-6-10-16(18(24)26-2)22(14)17(15)23/h3-5,7-8,12,14-16H,6,9-11H2,1-2H3,(H2,20,21,25)/t12-,14+,15-,16-/m0/s1. The first-order valence-corrected chi connectivity index (χ1v) is 9.03. The van der Waals surface area contributed by atoms with E-state index in [0.29, 0.717) is 12.8 Å². The molecule has 2 fully saturated rings. The van der Waals surface area contributed by atoms with Crippen molar-refractivity contribution in [3.05, 3.63) is 35.9 Å². The molecule has 0 radical (unpaired) electrons. The van der Waals surface area contributed by atoms with Crippen molar-refractivity contribution in [2.75, 3.05) is 7.11 Å². The fourth-order valence-corrected chi connectivity index (χ4v) is 3.91. The summed E-state index contributed by atoms with van der Waals surface area (Å²) in [6, 6.07) is 7.91. The van der Waals surface area contributed by atoms with Crippen LogP contribution >= 0.6 is 0 Å². The van der Waals surface area contributed by atoms with Crippen LogP contribution in [0.2, 0.25) is 0 Å². The number of rotatable bonds is 4. The quantitative estimate of drug-likeness (QED) is 0.802. The molecule has 2 N–H and O–H groups in total. The highest BCUT2D eigenvalue weighted by atomic mass is 16.5. The summed E-state index contributed by atoms with van der Waals surface area (Å²) in [6.45, 7) is 1.89. The van der Waals surface area contributed by atoms with Gasteiger partial charge in [-0.15, -0.1) is 0 Å². The third kappa shape index (κ3) is 3.66. The van der Waals surface area contributed by atoms with E-state index < -0.39 is 12.1 Å². The molecule has 26 heavy (non-hydrogen) atoms. The number of hydrogen-bond acceptors (Lipinski definition) is 4. The second-order valence-corrected chi connectivity index (χ2v) is 6.91. The molecule has 0 aromatic heterocycles. The lowest BCUT2D eigenvalue weighted by Gasteiger charge is -2.35. The zero-order chi connectivity index (χ0) is 18.7. The summed E-state index contributed by atoms with van der Waals surface area (Å²) in [6.07, 6.45) is 2.86. The van der Waals surface area contributed by atoms with Crippen molar-refractivity contribution in [1.82, 2.24) is 15.5 Å². The summed E-state index contributed by atoms with van der Waals surface area (Å²) >= 11 is 0. The van der Waals surface area contributed by atoms with Gasteiger partial charge in [0.2, 0.25) is 5.91 Å². The summed E-state index contributed by atoms with van der Waals surface area (Å²) in [5, 5.41) is 5.63. The molecule has 0 unspecified atom stereocenters. The number of ether oxygens (including phenoxy) is 1. The summed E-state index contributed by atoms with van der Waals surface area (Å²) in [5.41, 5.74) is 0.989. The van der Waals surface area contributed by atoms with E-state index in [0.717, 1.165) is 18.4 Å². The second kappa shape index (κ2) is 7.76. The number of piperidine rings is 1. The van der Waals surface area contributed by atoms with E-state index >= 15 is 0 Å². The molecule has 140 valence electrons. The van der Waals surface area contributed by atoms with Crippen molar-refractivity contribution >= 4 is 17.9 Å². The zero-order valence-electron chi connectivity index (χ0n) is 15.1. The van der Waals surface area contributed by atoms with Gasteiger partial charge in [0, 0.05) is 6.04 Å². The Hall–Kier alpha value is -2.57. The molecule has 3 amide bonds. The van der Waals surface area contributed by atoms with Crippen LogP contribution < -0.4 is 10.6 Å². The number of carbonyl (C=O) groups is 3. The Bertz CT molecular complexity index is 679. The number of esters is 1. The van der Waals surface area contributed by atoms with Crippen LogP contribution in [0.25, 0.3) is 0 Å². The zero-order valence-corrected chi connectivity index (χ0v) is 15.1. The van der Waals surface area contributed by atoms with Crippen LogP contribution in [-0.4, -0.2) is 48.0 Å². The molecule has 0 saturated carbocycles. The number of hydrogen-bond donors (Lipinski definition) is 2. The number of urea groups is 1. The SMILES string of the molecule is COC(=O)[C@@H]1CCC[C@@H]2C[C@H](NC(=O)N[C@@H](C)c3ccccc3)C(=O)N21. The number of carbonyl (C=O) groups excluding carboxylic acids is 3. The summed E-state index contributed by atoms with van der Waals surface area (Å²) in [4.78, 5) is 38.6. The highest BCUT2D eigenvalue weighted by Crippen LogP contribution is 2.32. The molecule has 1 aromatic carbocycles. The molecule has 4 atom stereocenters. The Morgan fingerprint density at radius 3 is 2.65 bits per heavy atom. The predicted molar refractivity (Wildman–Crippen MR) is 95.2 cm³/mol. The lowest BCUT2D eigenvalue weighted by molar-refractivity contribution is -0.154. The molecule has 3 rings (SSSR count). The molecule has 0 spiro atoms. The third-order valence-electron chi connectivity index (χ3n) is 5.23. The van der Waals surface area contributed by atoms with Gasteiger partial charge in [-0.1, -0.05) is 30.3 Å². The van der Waals surface area contributed by atoms with Crippen molar-refractivity contribution in [2.45, 2.75) is 56.8 Å². The van der Waals surface area contributed by atoms with E-state index in [4.69, 9.17) is 4.74 Å². The Kier molecular flexibility index (Phi) is 5.44. The summed E-state index contributed by atoms with van der Waals surface area (Å²) < 4.78 is 4.83. The van der Waals surface area contributed by atoms with Crippen LogP contribution in [0, 0.1) is 0 Å². The second-order valence-electron chi connectivity index (χ2n) is 6.91. The molecule has 0 bridgehead atoms. The van der Waals surface area contributed by atoms with E-state index in [-0.39, 0.29) is 30.0 Å². The molecular weight excluding hydrogens is 334 g/mol. The molecule has 0 aliphatic carbocycles. The van der Waals surface area contributed by atoms with E-state index in [1.165, 1.54) is 7.11 Å². The molecule has 2 aliphatic heterocycles. The van der Waals surface area contributed by atoms with Gasteiger partial charge in [0.05, 0.1) is 13.2 Å². The number of fused-ring (bicyclic) bond motifs is 1. The average Bonchev–Trinajstić information content (AvgIpc) is 2.97. The molecule has 7 heteroatoms. The average molecular weight is 359 g/mol. The lowest BCUT2D eigenvalue weighted by Crippen LogP contribution is -2.52. The fraction of sp³-hybridized carbons (Fsp3) is 0.526. The van der Waals surface area contributed by atoms with Gasteiger partial charge in [-0.05, 0) is 38.2 Å². The number of nitrogens with zero attached hydrogens (tertiary/aromatic N) is 1. The van der Waals surface area contributed by atoms with E-state index in [1.807, 2.05) is 37.3 Å². The topological polar surface area (TPSA) is 87.7 Å². The molecule has 7 nitrogen and oxygen atoms in total. The van der Waals surface area contributed by atoms with Crippen LogP contribution in [0.5, 0.6) is 0 Å². The highest BCUT2D eigenvalue weighted by molar-refractivity contribution is 5.92. The first kappa shape index (κ1) is 18.2. The van der Waals surface area contributed by atoms with Gasteiger partial charge in [0.25, 0.3) is 0 Å². The van der Waals surface area contributed by atoms with Gasteiger partial charge in [-0.25, -0.2) is 9.59 Å². The monoisotopic (exact) mass is 359 g/mol. The van der Waals surface area contributed by atoms with E-state index in [1.54, 1.807) is 4.90 Å². The van der Waals surface area contributed by atoms with Crippen molar-refractivity contribution in [2.24, 2.45) is 0 Å². The lowest BCUT2D eigenvalue weighted by atomic mass is 9.96. The minimum Gasteiger partial charge on any atom is -0.467 e. The van der Waals surface area contributed by atoms with Crippen LogP contribution in [0.15, 0.2) is 30.3 Å². The number of methoxy groups -OCH3 is 1. The maximum absolute atomic E-state index is 12.7. The first-order chi connectivity index (χ1) is 12.5.